The van der Waals surface area contributed by atoms with E-state index in [2.05, 4.69) is 0 Å². The van der Waals surface area contributed by atoms with Gasteiger partial charge in [0.15, 0.2) is 0 Å². The summed E-state index contributed by atoms with van der Waals surface area (Å²) in [4.78, 5) is 10.5. The molecule has 0 atom stereocenters. The van der Waals surface area contributed by atoms with Gasteiger partial charge in [-0.25, -0.2) is 0 Å². The van der Waals surface area contributed by atoms with Crippen molar-refractivity contribution in [1.29, 1.82) is 0 Å². The monoisotopic (exact) mass is 156 g/mol. The highest BCUT2D eigenvalue weighted by molar-refractivity contribution is 5.66. The molecule has 0 heterocycles. The van der Waals surface area contributed by atoms with E-state index in [-0.39, 0.29) is 18.1 Å². The van der Waals surface area contributed by atoms with Gasteiger partial charge in [0.1, 0.15) is 6.10 Å². The van der Waals surface area contributed by atoms with Gasteiger partial charge < -0.3 is 4.74 Å². The third-order valence-electron chi connectivity index (χ3n) is 2.01. The maximum Gasteiger partial charge on any atom is 0.302 e. The summed E-state index contributed by atoms with van der Waals surface area (Å²) in [5, 5.41) is 0. The van der Waals surface area contributed by atoms with Crippen molar-refractivity contribution in [3.63, 3.8) is 0 Å². The van der Waals surface area contributed by atoms with Gasteiger partial charge in [-0.2, -0.15) is 0 Å². The average molecular weight is 156 g/mol. The number of ether oxygens (including phenoxy) is 1. The fraction of sp³-hybridized carbons (Fsp3) is 0.875. The molecule has 63 valence electrons. The van der Waals surface area contributed by atoms with E-state index in [9.17, 15) is 4.79 Å². The van der Waals surface area contributed by atoms with Crippen molar-refractivity contribution in [2.75, 3.05) is 0 Å². The molecular formula is C8H14NO2. The molecule has 0 amide bonds. The first-order chi connectivity index (χ1) is 5.18. The Balaban J connectivity index is 2.22. The molecular weight excluding hydrogens is 142 g/mol. The quantitative estimate of drug-likeness (QED) is 0.534. The van der Waals surface area contributed by atoms with Gasteiger partial charge in [0, 0.05) is 13.0 Å². The van der Waals surface area contributed by atoms with Crippen LogP contribution in [0.5, 0.6) is 0 Å². The van der Waals surface area contributed by atoms with Crippen molar-refractivity contribution in [1.82, 2.24) is 5.73 Å². The molecule has 0 aromatic heterocycles. The second-order valence-corrected chi connectivity index (χ2v) is 3.08. The summed E-state index contributed by atoms with van der Waals surface area (Å²) in [6, 6.07) is 0.0711. The van der Waals surface area contributed by atoms with E-state index >= 15 is 0 Å². The van der Waals surface area contributed by atoms with Gasteiger partial charge in [0.25, 0.3) is 0 Å². The minimum absolute atomic E-state index is 0.0711. The van der Waals surface area contributed by atoms with Crippen LogP contribution in [0.2, 0.25) is 0 Å². The zero-order valence-corrected chi connectivity index (χ0v) is 6.80. The van der Waals surface area contributed by atoms with Gasteiger partial charge in [0.05, 0.1) is 0 Å². The molecule has 1 aliphatic carbocycles. The van der Waals surface area contributed by atoms with E-state index in [0.717, 1.165) is 25.7 Å². The maximum absolute atomic E-state index is 10.5. The highest BCUT2D eigenvalue weighted by Crippen LogP contribution is 2.20. The van der Waals surface area contributed by atoms with E-state index in [1.165, 1.54) is 6.92 Å². The fourth-order valence-corrected chi connectivity index (χ4v) is 1.42. The molecule has 0 bridgehead atoms. The van der Waals surface area contributed by atoms with Crippen LogP contribution < -0.4 is 5.73 Å². The Morgan fingerprint density at radius 2 is 1.91 bits per heavy atom. The van der Waals surface area contributed by atoms with E-state index < -0.39 is 0 Å². The van der Waals surface area contributed by atoms with Crippen molar-refractivity contribution >= 4 is 5.97 Å². The van der Waals surface area contributed by atoms with Crippen LogP contribution in [0.25, 0.3) is 0 Å². The van der Waals surface area contributed by atoms with Crippen LogP contribution in [0.1, 0.15) is 32.6 Å². The Kier molecular flexibility index (Phi) is 2.88. The average Bonchev–Trinajstić information content (AvgIpc) is 1.93. The Bertz CT molecular complexity index is 139. The molecule has 3 nitrogen and oxygen atoms in total. The topological polar surface area (TPSA) is 50.1 Å². The van der Waals surface area contributed by atoms with Gasteiger partial charge in [0.2, 0.25) is 0 Å². The number of nitrogens with one attached hydrogen (secondary N) is 1. The van der Waals surface area contributed by atoms with Crippen molar-refractivity contribution < 1.29 is 9.53 Å². The Morgan fingerprint density at radius 3 is 2.36 bits per heavy atom. The second-order valence-electron chi connectivity index (χ2n) is 3.08. The molecule has 0 aromatic rings. The molecule has 1 rings (SSSR count). The van der Waals surface area contributed by atoms with Crippen molar-refractivity contribution in [3.05, 3.63) is 0 Å². The summed E-state index contributed by atoms with van der Waals surface area (Å²) in [6.07, 6.45) is 3.58. The van der Waals surface area contributed by atoms with Crippen LogP contribution in [0.3, 0.4) is 0 Å². The summed E-state index contributed by atoms with van der Waals surface area (Å²) in [5.41, 5.74) is 7.40. The SMILES string of the molecule is CC(=O)OC1CCC([NH])CC1. The molecule has 1 saturated carbocycles. The van der Waals surface area contributed by atoms with Crippen molar-refractivity contribution in [3.8, 4) is 0 Å². The smallest absolute Gasteiger partial charge is 0.302 e. The Morgan fingerprint density at radius 1 is 1.36 bits per heavy atom. The largest absolute Gasteiger partial charge is 0.463 e. The van der Waals surface area contributed by atoms with Gasteiger partial charge >= 0.3 is 5.97 Å². The van der Waals surface area contributed by atoms with Gasteiger partial charge in [-0.05, 0) is 25.7 Å². The summed E-state index contributed by atoms with van der Waals surface area (Å²) in [5.74, 6) is -0.196. The maximum atomic E-state index is 10.5. The first kappa shape index (κ1) is 8.53. The van der Waals surface area contributed by atoms with Crippen LogP contribution in [-0.4, -0.2) is 18.1 Å². The lowest BCUT2D eigenvalue weighted by molar-refractivity contribution is -0.147. The summed E-state index contributed by atoms with van der Waals surface area (Å²) < 4.78 is 5.02. The molecule has 3 heteroatoms. The molecule has 0 unspecified atom stereocenters. The molecule has 0 aromatic carbocycles. The number of hydrogen-bond donors (Lipinski definition) is 0. The normalized spacial score (nSPS) is 31.5. The minimum atomic E-state index is -0.196. The predicted octanol–water partition coefficient (Wildman–Crippen LogP) is 1.14. The molecule has 1 radical (unpaired) electrons. The number of hydrogen-bond acceptors (Lipinski definition) is 2. The fourth-order valence-electron chi connectivity index (χ4n) is 1.42. The van der Waals surface area contributed by atoms with E-state index in [1.54, 1.807) is 0 Å². The van der Waals surface area contributed by atoms with Crippen LogP contribution in [0, 0.1) is 0 Å². The molecule has 11 heavy (non-hydrogen) atoms. The van der Waals surface area contributed by atoms with Crippen LogP contribution >= 0.6 is 0 Å². The highest BCUT2D eigenvalue weighted by atomic mass is 16.5. The third-order valence-corrected chi connectivity index (χ3v) is 2.01. The first-order valence-electron chi connectivity index (χ1n) is 4.07. The minimum Gasteiger partial charge on any atom is -0.463 e. The Hall–Kier alpha value is -0.570. The predicted molar refractivity (Wildman–Crippen MR) is 40.9 cm³/mol. The zero-order chi connectivity index (χ0) is 8.27. The summed E-state index contributed by atoms with van der Waals surface area (Å²) in [7, 11) is 0. The first-order valence-corrected chi connectivity index (χ1v) is 4.07. The lowest BCUT2D eigenvalue weighted by Crippen LogP contribution is -2.26. The van der Waals surface area contributed by atoms with E-state index in [1.807, 2.05) is 0 Å². The number of esters is 1. The number of carbonyl (C=O) groups excluding carboxylic acids is 1. The van der Waals surface area contributed by atoms with Crippen LogP contribution in [-0.2, 0) is 9.53 Å². The molecule has 1 N–H and O–H groups in total. The lowest BCUT2D eigenvalue weighted by atomic mass is 9.94. The summed E-state index contributed by atoms with van der Waals surface area (Å²) in [6.45, 7) is 1.44. The third kappa shape index (κ3) is 2.89. The molecule has 0 saturated heterocycles. The van der Waals surface area contributed by atoms with Crippen molar-refractivity contribution in [2.45, 2.75) is 44.8 Å². The lowest BCUT2D eigenvalue weighted by Gasteiger charge is -2.24. The number of carbonyl (C=O) groups is 1. The molecule has 1 fully saturated rings. The van der Waals surface area contributed by atoms with Crippen molar-refractivity contribution in [2.24, 2.45) is 0 Å². The Labute approximate surface area is 66.9 Å². The standard InChI is InChI=1S/C8H14NO2/c1-6(10)11-8-4-2-7(9)3-5-8/h7-9H,2-5H2,1H3. The van der Waals surface area contributed by atoms with Crippen LogP contribution in [0.4, 0.5) is 0 Å². The second kappa shape index (κ2) is 3.72. The highest BCUT2D eigenvalue weighted by Gasteiger charge is 2.20. The number of rotatable bonds is 1. The molecule has 1 aliphatic rings. The van der Waals surface area contributed by atoms with Gasteiger partial charge in [-0.15, -0.1) is 0 Å². The molecule has 0 spiro atoms. The van der Waals surface area contributed by atoms with Gasteiger partial charge in [-0.3, -0.25) is 10.5 Å². The van der Waals surface area contributed by atoms with Crippen LogP contribution in [0.15, 0.2) is 0 Å². The molecule has 0 aliphatic heterocycles. The van der Waals surface area contributed by atoms with E-state index in [0.29, 0.717) is 0 Å². The van der Waals surface area contributed by atoms with E-state index in [4.69, 9.17) is 10.5 Å². The summed E-state index contributed by atoms with van der Waals surface area (Å²) >= 11 is 0. The van der Waals surface area contributed by atoms with Gasteiger partial charge in [-0.1, -0.05) is 0 Å². The zero-order valence-electron chi connectivity index (χ0n) is 6.80.